The van der Waals surface area contributed by atoms with Crippen LogP contribution in [-0.2, 0) is 9.47 Å². The summed E-state index contributed by atoms with van der Waals surface area (Å²) >= 11 is 0. The molecule has 1 rings (SSSR count). The van der Waals surface area contributed by atoms with Gasteiger partial charge in [-0.25, -0.2) is 0 Å². The number of aliphatic hydroxyl groups is 1. The Morgan fingerprint density at radius 3 is 2.47 bits per heavy atom. The number of methoxy groups -OCH3 is 2. The SMILES string of the molecule is COCC(CNCC1(CO)CCCCC1)OC. The largest absolute Gasteiger partial charge is 0.396 e. The fourth-order valence-corrected chi connectivity index (χ4v) is 2.59. The van der Waals surface area contributed by atoms with Crippen LogP contribution in [0.1, 0.15) is 32.1 Å². The van der Waals surface area contributed by atoms with E-state index in [1.54, 1.807) is 14.2 Å². The van der Waals surface area contributed by atoms with E-state index < -0.39 is 0 Å². The molecule has 0 radical (unpaired) electrons. The predicted octanol–water partition coefficient (Wildman–Crippen LogP) is 1.18. The van der Waals surface area contributed by atoms with Crippen molar-refractivity contribution in [2.75, 3.05) is 40.5 Å². The molecule has 1 aliphatic rings. The predicted molar refractivity (Wildman–Crippen MR) is 68.1 cm³/mol. The van der Waals surface area contributed by atoms with Crippen molar-refractivity contribution in [2.24, 2.45) is 5.41 Å². The van der Waals surface area contributed by atoms with Crippen molar-refractivity contribution >= 4 is 0 Å². The zero-order valence-corrected chi connectivity index (χ0v) is 11.2. The van der Waals surface area contributed by atoms with E-state index in [0.717, 1.165) is 25.9 Å². The molecule has 0 aromatic carbocycles. The summed E-state index contributed by atoms with van der Waals surface area (Å²) in [4.78, 5) is 0. The first-order valence-electron chi connectivity index (χ1n) is 6.59. The van der Waals surface area contributed by atoms with Gasteiger partial charge in [-0.05, 0) is 12.8 Å². The van der Waals surface area contributed by atoms with Crippen molar-refractivity contribution in [3.63, 3.8) is 0 Å². The quantitative estimate of drug-likeness (QED) is 0.674. The molecule has 1 saturated carbocycles. The highest BCUT2D eigenvalue weighted by molar-refractivity contribution is 4.84. The molecule has 1 unspecified atom stereocenters. The van der Waals surface area contributed by atoms with Gasteiger partial charge in [0.2, 0.25) is 0 Å². The fraction of sp³-hybridized carbons (Fsp3) is 1.00. The molecule has 1 atom stereocenters. The summed E-state index contributed by atoms with van der Waals surface area (Å²) in [7, 11) is 3.39. The van der Waals surface area contributed by atoms with Crippen LogP contribution in [0, 0.1) is 5.41 Å². The highest BCUT2D eigenvalue weighted by Crippen LogP contribution is 2.35. The normalized spacial score (nSPS) is 21.4. The first-order chi connectivity index (χ1) is 8.26. The van der Waals surface area contributed by atoms with Crippen LogP contribution < -0.4 is 5.32 Å². The van der Waals surface area contributed by atoms with Crippen LogP contribution in [0.5, 0.6) is 0 Å². The highest BCUT2D eigenvalue weighted by atomic mass is 16.5. The lowest BCUT2D eigenvalue weighted by atomic mass is 9.74. The van der Waals surface area contributed by atoms with Gasteiger partial charge >= 0.3 is 0 Å². The summed E-state index contributed by atoms with van der Waals surface area (Å²) in [5, 5.41) is 13.0. The van der Waals surface area contributed by atoms with Crippen molar-refractivity contribution in [1.29, 1.82) is 0 Å². The van der Waals surface area contributed by atoms with E-state index in [2.05, 4.69) is 5.32 Å². The van der Waals surface area contributed by atoms with Crippen LogP contribution in [0.3, 0.4) is 0 Å². The second-order valence-corrected chi connectivity index (χ2v) is 5.16. The smallest absolute Gasteiger partial charge is 0.0928 e. The highest BCUT2D eigenvalue weighted by Gasteiger charge is 2.30. The van der Waals surface area contributed by atoms with Gasteiger partial charge in [0.15, 0.2) is 0 Å². The molecule has 0 aromatic heterocycles. The minimum atomic E-state index is 0.0966. The van der Waals surface area contributed by atoms with Gasteiger partial charge in [-0.15, -0.1) is 0 Å². The molecule has 4 heteroatoms. The third-order valence-electron chi connectivity index (χ3n) is 3.81. The van der Waals surface area contributed by atoms with Crippen molar-refractivity contribution in [3.8, 4) is 0 Å². The molecule has 4 nitrogen and oxygen atoms in total. The summed E-state index contributed by atoms with van der Waals surface area (Å²) in [6.07, 6.45) is 6.17. The maximum absolute atomic E-state index is 9.57. The van der Waals surface area contributed by atoms with Crippen LogP contribution in [0.2, 0.25) is 0 Å². The van der Waals surface area contributed by atoms with Crippen LogP contribution in [0.4, 0.5) is 0 Å². The molecule has 0 heterocycles. The minimum absolute atomic E-state index is 0.0966. The van der Waals surface area contributed by atoms with Gasteiger partial charge < -0.3 is 19.9 Å². The van der Waals surface area contributed by atoms with Crippen molar-refractivity contribution < 1.29 is 14.6 Å². The van der Waals surface area contributed by atoms with Crippen LogP contribution in [0.15, 0.2) is 0 Å². The van der Waals surface area contributed by atoms with Crippen LogP contribution >= 0.6 is 0 Å². The molecule has 0 saturated heterocycles. The van der Waals surface area contributed by atoms with E-state index in [-0.39, 0.29) is 11.5 Å². The Labute approximate surface area is 105 Å². The molecule has 0 amide bonds. The Kier molecular flexibility index (Phi) is 7.04. The fourth-order valence-electron chi connectivity index (χ4n) is 2.59. The minimum Gasteiger partial charge on any atom is -0.396 e. The molecule has 0 aliphatic heterocycles. The van der Waals surface area contributed by atoms with Gasteiger partial charge in [-0.3, -0.25) is 0 Å². The molecule has 1 fully saturated rings. The Morgan fingerprint density at radius 2 is 1.94 bits per heavy atom. The lowest BCUT2D eigenvalue weighted by molar-refractivity contribution is 0.0228. The number of hydrogen-bond acceptors (Lipinski definition) is 4. The average molecular weight is 245 g/mol. The van der Waals surface area contributed by atoms with E-state index >= 15 is 0 Å². The number of rotatable bonds is 8. The average Bonchev–Trinajstić information content (AvgIpc) is 2.39. The van der Waals surface area contributed by atoms with Gasteiger partial charge in [0, 0.05) is 39.3 Å². The van der Waals surface area contributed by atoms with Crippen molar-refractivity contribution in [2.45, 2.75) is 38.2 Å². The number of hydrogen-bond donors (Lipinski definition) is 2. The second-order valence-electron chi connectivity index (χ2n) is 5.16. The van der Waals surface area contributed by atoms with E-state index in [1.807, 2.05) is 0 Å². The second kappa shape index (κ2) is 8.03. The zero-order valence-electron chi connectivity index (χ0n) is 11.2. The number of aliphatic hydroxyl groups excluding tert-OH is 1. The molecule has 0 bridgehead atoms. The zero-order chi connectivity index (χ0) is 12.6. The van der Waals surface area contributed by atoms with E-state index in [0.29, 0.717) is 13.2 Å². The first kappa shape index (κ1) is 14.9. The van der Waals surface area contributed by atoms with Gasteiger partial charge in [0.25, 0.3) is 0 Å². The molecule has 0 spiro atoms. The monoisotopic (exact) mass is 245 g/mol. The lowest BCUT2D eigenvalue weighted by Gasteiger charge is -2.36. The summed E-state index contributed by atoms with van der Waals surface area (Å²) in [5.41, 5.74) is 0.101. The van der Waals surface area contributed by atoms with Crippen molar-refractivity contribution in [3.05, 3.63) is 0 Å². The topological polar surface area (TPSA) is 50.7 Å². The Hall–Kier alpha value is -0.160. The van der Waals surface area contributed by atoms with E-state index in [1.165, 1.54) is 19.3 Å². The maximum Gasteiger partial charge on any atom is 0.0928 e. The molecule has 1 aliphatic carbocycles. The lowest BCUT2D eigenvalue weighted by Crippen LogP contribution is -2.42. The standard InChI is InChI=1S/C13H27NO3/c1-16-9-12(17-2)8-14-10-13(11-15)6-4-3-5-7-13/h12,14-15H,3-11H2,1-2H3. The summed E-state index contributed by atoms with van der Waals surface area (Å²) in [6.45, 7) is 2.57. The molecule has 0 aromatic rings. The Balaban J connectivity index is 2.27. The van der Waals surface area contributed by atoms with Gasteiger partial charge in [-0.2, -0.15) is 0 Å². The molecule has 17 heavy (non-hydrogen) atoms. The van der Waals surface area contributed by atoms with Crippen LogP contribution in [-0.4, -0.2) is 51.7 Å². The summed E-state index contributed by atoms with van der Waals surface area (Å²) in [5.74, 6) is 0. The van der Waals surface area contributed by atoms with Crippen molar-refractivity contribution in [1.82, 2.24) is 5.32 Å². The molecule has 2 N–H and O–H groups in total. The third-order valence-corrected chi connectivity index (χ3v) is 3.81. The van der Waals surface area contributed by atoms with E-state index in [9.17, 15) is 5.11 Å². The maximum atomic E-state index is 9.57. The summed E-state index contributed by atoms with van der Waals surface area (Å²) in [6, 6.07) is 0. The first-order valence-corrected chi connectivity index (χ1v) is 6.59. The molecular formula is C13H27NO3. The Morgan fingerprint density at radius 1 is 1.24 bits per heavy atom. The Bertz CT molecular complexity index is 193. The summed E-state index contributed by atoms with van der Waals surface area (Å²) < 4.78 is 10.4. The molecule has 102 valence electrons. The van der Waals surface area contributed by atoms with Gasteiger partial charge in [-0.1, -0.05) is 19.3 Å². The van der Waals surface area contributed by atoms with Gasteiger partial charge in [0.1, 0.15) is 0 Å². The number of nitrogens with one attached hydrogen (secondary N) is 1. The van der Waals surface area contributed by atoms with Gasteiger partial charge in [0.05, 0.1) is 12.7 Å². The number of ether oxygens (including phenoxy) is 2. The molecular weight excluding hydrogens is 218 g/mol. The third kappa shape index (κ3) is 4.92. The van der Waals surface area contributed by atoms with Crippen LogP contribution in [0.25, 0.3) is 0 Å². The van der Waals surface area contributed by atoms with E-state index in [4.69, 9.17) is 9.47 Å².